The van der Waals surface area contributed by atoms with Crippen LogP contribution in [0.1, 0.15) is 38.8 Å². The van der Waals surface area contributed by atoms with E-state index in [0.717, 1.165) is 6.42 Å². The van der Waals surface area contributed by atoms with Crippen molar-refractivity contribution in [2.45, 2.75) is 39.3 Å². The van der Waals surface area contributed by atoms with Crippen molar-refractivity contribution in [3.8, 4) is 0 Å². The molecule has 2 N–H and O–H groups in total. The van der Waals surface area contributed by atoms with Crippen molar-refractivity contribution in [3.05, 3.63) is 57.7 Å². The van der Waals surface area contributed by atoms with Gasteiger partial charge in [0.15, 0.2) is 0 Å². The molecule has 0 saturated carbocycles. The fraction of sp³-hybridized carbons (Fsp3) is 0.500. The van der Waals surface area contributed by atoms with Gasteiger partial charge in [0.2, 0.25) is 0 Å². The fourth-order valence-electron chi connectivity index (χ4n) is 4.64. The Labute approximate surface area is 228 Å². The van der Waals surface area contributed by atoms with E-state index in [1.54, 1.807) is 31.2 Å². The average molecular weight is 553 g/mol. The molecule has 9 nitrogen and oxygen atoms in total. The number of hydrogen-bond donors (Lipinski definition) is 2. The van der Waals surface area contributed by atoms with Gasteiger partial charge in [0.25, 0.3) is 0 Å². The molecule has 1 aromatic rings. The van der Waals surface area contributed by atoms with E-state index in [1.165, 1.54) is 4.90 Å². The Morgan fingerprint density at radius 3 is 2.65 bits per heavy atom. The molecule has 1 saturated heterocycles. The lowest BCUT2D eigenvalue weighted by molar-refractivity contribution is -0.139. The zero-order chi connectivity index (χ0) is 27.1. The first-order valence-electron chi connectivity index (χ1n) is 12.5. The monoisotopic (exact) mass is 551 g/mol. The lowest BCUT2D eigenvalue weighted by Gasteiger charge is -2.42. The molecule has 0 aliphatic carbocycles. The first-order valence-corrected chi connectivity index (χ1v) is 13.3. The second-order valence-electron chi connectivity index (χ2n) is 9.04. The van der Waals surface area contributed by atoms with Crippen LogP contribution < -0.4 is 10.6 Å². The Kier molecular flexibility index (Phi) is 10.3. The molecule has 1 fully saturated rings. The van der Waals surface area contributed by atoms with Crippen LogP contribution in [0.25, 0.3) is 0 Å². The highest BCUT2D eigenvalue weighted by Crippen LogP contribution is 2.36. The van der Waals surface area contributed by atoms with Gasteiger partial charge in [-0.1, -0.05) is 42.3 Å². The third-order valence-corrected chi connectivity index (χ3v) is 6.95. The summed E-state index contributed by atoms with van der Waals surface area (Å²) in [4.78, 5) is 44.6. The van der Waals surface area contributed by atoms with Crippen molar-refractivity contribution in [1.82, 2.24) is 25.3 Å². The molecule has 202 valence electrons. The zero-order valence-corrected chi connectivity index (χ0v) is 23.1. The van der Waals surface area contributed by atoms with Crippen LogP contribution in [0, 0.1) is 0 Å². The number of benzene rings is 1. The normalized spacial score (nSPS) is 20.5. The van der Waals surface area contributed by atoms with Gasteiger partial charge in [-0.25, -0.2) is 14.4 Å². The molecule has 0 bridgehead atoms. The summed E-state index contributed by atoms with van der Waals surface area (Å²) in [5, 5.41) is 6.61. The number of ether oxygens (including phenoxy) is 1. The van der Waals surface area contributed by atoms with E-state index in [2.05, 4.69) is 22.1 Å². The minimum absolute atomic E-state index is 0.0518. The molecule has 0 aromatic heterocycles. The molecule has 11 heteroatoms. The van der Waals surface area contributed by atoms with Crippen molar-refractivity contribution in [2.75, 3.05) is 45.9 Å². The van der Waals surface area contributed by atoms with E-state index in [4.69, 9.17) is 27.9 Å². The van der Waals surface area contributed by atoms with Crippen LogP contribution in [0.4, 0.5) is 9.59 Å². The molecule has 2 unspecified atom stereocenters. The Hall–Kier alpha value is -2.75. The van der Waals surface area contributed by atoms with Gasteiger partial charge in [0.1, 0.15) is 0 Å². The van der Waals surface area contributed by atoms with Gasteiger partial charge in [0, 0.05) is 61.1 Å². The summed E-state index contributed by atoms with van der Waals surface area (Å²) in [5.74, 6) is -0.534. The number of piperazine rings is 1. The predicted molar refractivity (Wildman–Crippen MR) is 145 cm³/mol. The molecule has 37 heavy (non-hydrogen) atoms. The van der Waals surface area contributed by atoms with Crippen molar-refractivity contribution >= 4 is 41.2 Å². The van der Waals surface area contributed by atoms with Gasteiger partial charge >= 0.3 is 18.0 Å². The number of carbonyl (C=O) groups is 3. The Morgan fingerprint density at radius 1 is 1.27 bits per heavy atom. The van der Waals surface area contributed by atoms with Crippen molar-refractivity contribution in [1.29, 1.82) is 0 Å². The summed E-state index contributed by atoms with van der Waals surface area (Å²) in [6, 6.07) is 3.62. The lowest BCUT2D eigenvalue weighted by Crippen LogP contribution is -2.58. The van der Waals surface area contributed by atoms with E-state index < -0.39 is 12.0 Å². The van der Waals surface area contributed by atoms with E-state index in [-0.39, 0.29) is 31.3 Å². The van der Waals surface area contributed by atoms with Crippen LogP contribution in [0.2, 0.25) is 10.0 Å². The number of hydrogen-bond acceptors (Lipinski definition) is 5. The second-order valence-corrected chi connectivity index (χ2v) is 9.88. The summed E-state index contributed by atoms with van der Waals surface area (Å²) in [5.41, 5.74) is 1.38. The van der Waals surface area contributed by atoms with Crippen molar-refractivity contribution in [3.63, 3.8) is 0 Å². The Morgan fingerprint density at radius 2 is 2.03 bits per heavy atom. The third kappa shape index (κ3) is 6.77. The van der Waals surface area contributed by atoms with Crippen molar-refractivity contribution in [2.24, 2.45) is 0 Å². The molecule has 4 amide bonds. The summed E-state index contributed by atoms with van der Waals surface area (Å²) >= 11 is 12.6. The van der Waals surface area contributed by atoms with Crippen LogP contribution in [0.5, 0.6) is 0 Å². The number of carbonyl (C=O) groups excluding carboxylic acids is 3. The van der Waals surface area contributed by atoms with Crippen LogP contribution in [-0.2, 0) is 9.53 Å². The maximum Gasteiger partial charge on any atom is 0.338 e. The number of amides is 4. The maximum absolute atomic E-state index is 13.3. The van der Waals surface area contributed by atoms with Gasteiger partial charge in [-0.05, 0) is 38.0 Å². The highest BCUT2D eigenvalue weighted by molar-refractivity contribution is 6.35. The summed E-state index contributed by atoms with van der Waals surface area (Å²) < 4.78 is 5.44. The van der Waals surface area contributed by atoms with Gasteiger partial charge in [-0.3, -0.25) is 9.80 Å². The summed E-state index contributed by atoms with van der Waals surface area (Å²) in [6.07, 6.45) is 2.47. The largest absolute Gasteiger partial charge is 0.463 e. The van der Waals surface area contributed by atoms with Crippen molar-refractivity contribution < 1.29 is 19.1 Å². The number of nitrogens with zero attached hydrogens (tertiary/aromatic N) is 3. The predicted octanol–water partition coefficient (Wildman–Crippen LogP) is 4.19. The molecule has 0 radical (unpaired) electrons. The maximum atomic E-state index is 13.3. The number of urea groups is 2. The molecule has 2 aliphatic heterocycles. The van der Waals surface area contributed by atoms with E-state index in [1.807, 2.05) is 18.7 Å². The summed E-state index contributed by atoms with van der Waals surface area (Å²) in [6.45, 7) is 12.5. The molecular formula is C26H35Cl2N5O4. The smallest absolute Gasteiger partial charge is 0.338 e. The number of halogens is 2. The van der Waals surface area contributed by atoms with Gasteiger partial charge < -0.3 is 20.3 Å². The van der Waals surface area contributed by atoms with E-state index in [0.29, 0.717) is 59.6 Å². The third-order valence-electron chi connectivity index (χ3n) is 6.39. The highest BCUT2D eigenvalue weighted by atomic mass is 35.5. The highest BCUT2D eigenvalue weighted by Gasteiger charge is 2.40. The average Bonchev–Trinajstić information content (AvgIpc) is 2.84. The zero-order valence-electron chi connectivity index (χ0n) is 21.6. The minimum Gasteiger partial charge on any atom is -0.463 e. The Bertz CT molecular complexity index is 1060. The number of nitrogens with one attached hydrogen (secondary N) is 2. The van der Waals surface area contributed by atoms with Crippen LogP contribution in [-0.4, -0.2) is 84.6 Å². The summed E-state index contributed by atoms with van der Waals surface area (Å²) in [7, 11) is 0. The van der Waals surface area contributed by atoms with E-state index in [9.17, 15) is 14.4 Å². The van der Waals surface area contributed by atoms with Gasteiger partial charge in [0.05, 0.1) is 18.2 Å². The molecule has 2 aliphatic rings. The molecule has 2 atom stereocenters. The van der Waals surface area contributed by atoms with Crippen LogP contribution in [0.15, 0.2) is 42.1 Å². The first kappa shape index (κ1) is 28.8. The topological polar surface area (TPSA) is 94.2 Å². The number of esters is 1. The first-order chi connectivity index (χ1) is 17.7. The SMILES string of the molecule is C=CCN1C(=O)NC(c2ccc(Cl)cc2Cl)C(C(=O)OCC)=C1CN1CCN(C(=O)NCCC)C(C)C1. The molecule has 2 heterocycles. The lowest BCUT2D eigenvalue weighted by atomic mass is 9.93. The standard InChI is InChI=1S/C26H35Cl2N5O4/c1-5-10-29-25(35)32-13-12-31(15-17(32)4)16-21-22(24(34)37-7-3)23(30-26(36)33(21)11-6-2)19-9-8-18(27)14-20(19)28/h6,8-9,14,17,23H,2,5,7,10-13,15-16H2,1,3-4H3,(H,29,35)(H,30,36). The second kappa shape index (κ2) is 13.2. The number of rotatable bonds is 9. The molecule has 0 spiro atoms. The Balaban J connectivity index is 1.99. The quantitative estimate of drug-likeness (QED) is 0.354. The van der Waals surface area contributed by atoms with E-state index >= 15 is 0 Å². The molecule has 3 rings (SSSR count). The fourth-order valence-corrected chi connectivity index (χ4v) is 5.16. The van der Waals surface area contributed by atoms with Gasteiger partial charge in [-0.2, -0.15) is 0 Å². The van der Waals surface area contributed by atoms with Gasteiger partial charge in [-0.15, -0.1) is 6.58 Å². The van der Waals surface area contributed by atoms with Crippen LogP contribution in [0.3, 0.4) is 0 Å². The molecular weight excluding hydrogens is 517 g/mol. The molecule has 1 aromatic carbocycles. The minimum atomic E-state index is -0.814. The van der Waals surface area contributed by atoms with Crippen LogP contribution >= 0.6 is 23.2 Å².